The predicted octanol–water partition coefficient (Wildman–Crippen LogP) is 13.1. The molecule has 0 spiro atoms. The van der Waals surface area contributed by atoms with Gasteiger partial charge in [0, 0.05) is 28.3 Å². The minimum atomic E-state index is -0.979. The van der Waals surface area contributed by atoms with Crippen LogP contribution in [0.1, 0.15) is 121 Å². The van der Waals surface area contributed by atoms with Crippen LogP contribution in [-0.4, -0.2) is 48.2 Å². The molecule has 3 saturated carbocycles. The molecule has 0 saturated heterocycles. The molecular weight excluding hydrogens is 919 g/mol. The van der Waals surface area contributed by atoms with Crippen LogP contribution in [0, 0.1) is 26.0 Å². The Balaban J connectivity index is 0.000000136. The maximum atomic E-state index is 12.6. The Morgan fingerprint density at radius 1 is 0.507 bits per heavy atom. The van der Waals surface area contributed by atoms with Crippen molar-refractivity contribution < 1.29 is 34.4 Å². The van der Waals surface area contributed by atoms with Crippen molar-refractivity contribution in [3.63, 3.8) is 0 Å². The summed E-state index contributed by atoms with van der Waals surface area (Å²) < 4.78 is 0.825. The predicted molar refractivity (Wildman–Crippen MR) is 283 cm³/mol. The smallest absolute Gasteiger partial charge is 0.337 e. The third-order valence-electron chi connectivity index (χ3n) is 12.9. The number of hydrogen-bond donors (Lipinski definition) is 6. The molecule has 3 fully saturated rings. The molecule has 11 rings (SSSR count). The first kappa shape index (κ1) is 49.1. The van der Waals surface area contributed by atoms with Gasteiger partial charge in [-0.1, -0.05) is 72.3 Å². The van der Waals surface area contributed by atoms with Crippen LogP contribution in [0.25, 0.3) is 22.6 Å². The fraction of sp³-hybridized carbons (Fsp3) is 0.203. The van der Waals surface area contributed by atoms with Crippen LogP contribution in [0.5, 0.6) is 0 Å². The van der Waals surface area contributed by atoms with Crippen molar-refractivity contribution in [2.24, 2.45) is 0 Å². The fourth-order valence-electron chi connectivity index (χ4n) is 8.74. The third kappa shape index (κ3) is 12.3. The number of benzene rings is 5. The van der Waals surface area contributed by atoms with Gasteiger partial charge in [-0.3, -0.25) is 4.98 Å². The van der Waals surface area contributed by atoms with Crippen LogP contribution in [-0.2, 0) is 0 Å². The van der Waals surface area contributed by atoms with Crippen LogP contribution in [0.2, 0.25) is 0 Å². The van der Waals surface area contributed by atoms with Gasteiger partial charge in [0.05, 0.1) is 63.7 Å². The lowest BCUT2D eigenvalue weighted by Crippen LogP contribution is -2.30. The highest BCUT2D eigenvalue weighted by molar-refractivity contribution is 5.97. The number of nitrogens with zero attached hydrogens (tertiary/aromatic N) is 4. The van der Waals surface area contributed by atoms with Crippen molar-refractivity contribution in [1.29, 1.82) is 0 Å². The number of aromatic nitrogens is 4. The van der Waals surface area contributed by atoms with Crippen LogP contribution >= 0.6 is 0 Å². The summed E-state index contributed by atoms with van der Waals surface area (Å²) in [6.07, 6.45) is 13.5. The van der Waals surface area contributed by atoms with Crippen molar-refractivity contribution in [1.82, 2.24) is 15.0 Å². The van der Waals surface area contributed by atoms with E-state index in [2.05, 4.69) is 37.8 Å². The summed E-state index contributed by atoms with van der Waals surface area (Å²) in [6.45, 7) is 5.81. The second kappa shape index (κ2) is 21.6. The molecule has 0 atom stereocenters. The second-order valence-corrected chi connectivity index (χ2v) is 18.8. The first-order valence-corrected chi connectivity index (χ1v) is 24.3. The van der Waals surface area contributed by atoms with Crippen LogP contribution < -0.4 is 20.7 Å². The monoisotopic (exact) mass is 973 g/mol. The molecule has 368 valence electrons. The average Bonchev–Trinajstić information content (AvgIpc) is 4.21. The molecule has 14 nitrogen and oxygen atoms in total. The number of carbonyl (C=O) groups is 3. The van der Waals surface area contributed by atoms with E-state index >= 15 is 0 Å². The Morgan fingerprint density at radius 2 is 0.959 bits per heavy atom. The zero-order valence-corrected chi connectivity index (χ0v) is 40.7. The molecule has 6 N–H and O–H groups in total. The summed E-state index contributed by atoms with van der Waals surface area (Å²) in [5, 5.41) is 50.3. The maximum absolute atomic E-state index is 12.6. The number of aromatic carboxylic acids is 3. The number of rotatable bonds is 14. The van der Waals surface area contributed by atoms with Crippen LogP contribution in [0.4, 0.5) is 34.1 Å². The quantitative estimate of drug-likeness (QED) is 0.0442. The van der Waals surface area contributed by atoms with Crippen molar-refractivity contribution >= 4 is 52.0 Å². The molecule has 3 aliphatic rings. The highest BCUT2D eigenvalue weighted by atomic mass is 16.5. The van der Waals surface area contributed by atoms with Gasteiger partial charge in [-0.25, -0.2) is 24.4 Å². The summed E-state index contributed by atoms with van der Waals surface area (Å²) in [7, 11) is 0. The van der Waals surface area contributed by atoms with Gasteiger partial charge in [0.2, 0.25) is 11.9 Å². The van der Waals surface area contributed by atoms with Gasteiger partial charge in [0.25, 0.3) is 0 Å². The summed E-state index contributed by atoms with van der Waals surface area (Å²) in [6, 6.07) is 39.5. The largest absolute Gasteiger partial charge is 0.618 e. The van der Waals surface area contributed by atoms with Gasteiger partial charge in [0.15, 0.2) is 5.82 Å². The van der Waals surface area contributed by atoms with E-state index in [0.29, 0.717) is 57.7 Å². The normalized spacial score (nSPS) is 13.6. The van der Waals surface area contributed by atoms with E-state index in [-0.39, 0.29) is 16.7 Å². The number of carboxylic acids is 3. The molecule has 3 aliphatic carbocycles. The number of hydrogen-bond acceptors (Lipinski definition) is 10. The number of aryl methyl sites for hydroxylation is 3. The average molecular weight is 974 g/mol. The highest BCUT2D eigenvalue weighted by Crippen LogP contribution is 2.43. The summed E-state index contributed by atoms with van der Waals surface area (Å²) >= 11 is 0. The Labute approximate surface area is 423 Å². The Hall–Kier alpha value is -8.91. The van der Waals surface area contributed by atoms with E-state index in [1.807, 2.05) is 111 Å². The molecule has 0 bridgehead atoms. The van der Waals surface area contributed by atoms with Gasteiger partial charge < -0.3 is 36.5 Å². The molecule has 8 aromatic rings. The van der Waals surface area contributed by atoms with Crippen LogP contribution in [0.3, 0.4) is 0 Å². The standard InChI is InChI=1S/C22H20N2O3.C20H17N3O2.C17H18N2O2/c1-14-11-18(13-24(27)21(14)16-5-3-2-4-6-16)23-20-10-9-17(15-7-8-15)12-19(20)22(25)26;24-20(25)17-10-15(13-6-7-13)8-9-18(17)23-16-11-21-19(22-12-16)14-4-2-1-3-5-14;1-10-3-6-15(14(7-10)17(20)21)19-13-8-11(2)16(18-9-13)12-4-5-12/h2-6,9-13,15,23H,7-8H2,1H3,(H,25,26);1-5,8-13,23H,6-7H2,(H,24,25);3,6-9,12,19H,4-5H2,1-2H3,(H,20,21). The molecule has 0 aliphatic heterocycles. The van der Waals surface area contributed by atoms with E-state index in [9.17, 15) is 34.9 Å². The van der Waals surface area contributed by atoms with Gasteiger partial charge in [-0.05, 0) is 148 Å². The molecule has 14 heteroatoms. The fourth-order valence-corrected chi connectivity index (χ4v) is 8.74. The molecular formula is C59H55N7O7. The lowest BCUT2D eigenvalue weighted by atomic mass is 10.0. The van der Waals surface area contributed by atoms with Crippen molar-refractivity contribution in [2.45, 2.75) is 77.0 Å². The molecule has 0 unspecified atom stereocenters. The molecule has 0 radical (unpaired) electrons. The van der Waals surface area contributed by atoms with E-state index in [1.54, 1.807) is 48.9 Å². The highest BCUT2D eigenvalue weighted by Gasteiger charge is 2.28. The molecule has 3 aromatic heterocycles. The van der Waals surface area contributed by atoms with E-state index in [1.165, 1.54) is 24.7 Å². The lowest BCUT2D eigenvalue weighted by molar-refractivity contribution is -0.593. The van der Waals surface area contributed by atoms with Crippen molar-refractivity contribution in [3.8, 4) is 22.6 Å². The van der Waals surface area contributed by atoms with E-state index in [4.69, 9.17) is 0 Å². The van der Waals surface area contributed by atoms with E-state index in [0.717, 1.165) is 75.0 Å². The summed E-state index contributed by atoms with van der Waals surface area (Å²) in [5.41, 5.74) is 13.0. The molecule has 0 amide bonds. The molecule has 5 aromatic carbocycles. The van der Waals surface area contributed by atoms with Crippen molar-refractivity contribution in [3.05, 3.63) is 208 Å². The lowest BCUT2D eigenvalue weighted by Gasteiger charge is -2.13. The van der Waals surface area contributed by atoms with E-state index < -0.39 is 17.9 Å². The van der Waals surface area contributed by atoms with Crippen molar-refractivity contribution in [2.75, 3.05) is 16.0 Å². The molecule has 73 heavy (non-hydrogen) atoms. The van der Waals surface area contributed by atoms with Gasteiger partial charge >= 0.3 is 17.9 Å². The van der Waals surface area contributed by atoms with Gasteiger partial charge in [0.1, 0.15) is 5.69 Å². The summed E-state index contributed by atoms with van der Waals surface area (Å²) in [5.74, 6) is -0.601. The van der Waals surface area contributed by atoms with Gasteiger partial charge in [-0.2, -0.15) is 4.73 Å². The van der Waals surface area contributed by atoms with Gasteiger partial charge in [-0.15, -0.1) is 0 Å². The Morgan fingerprint density at radius 3 is 1.45 bits per heavy atom. The third-order valence-corrected chi connectivity index (χ3v) is 12.9. The minimum Gasteiger partial charge on any atom is -0.618 e. The minimum absolute atomic E-state index is 0.224. The summed E-state index contributed by atoms with van der Waals surface area (Å²) in [4.78, 5) is 47.8. The zero-order valence-electron chi connectivity index (χ0n) is 40.7. The number of pyridine rings is 2. The second-order valence-electron chi connectivity index (χ2n) is 18.8. The molecule has 3 heterocycles. The van der Waals surface area contributed by atoms with Crippen LogP contribution in [0.15, 0.2) is 152 Å². The maximum Gasteiger partial charge on any atom is 0.337 e. The number of anilines is 6. The SMILES string of the molecule is Cc1cc(Nc2ccc(C3CC3)cc2C(=O)O)c[n+]([O-])c1-c1ccccc1.Cc1ccc(Nc2cnc(C3CC3)c(C)c2)c(C(=O)O)c1.O=C(O)c1cc(C2CC2)ccc1Nc1cnc(-c2ccccc2)nc1. The topological polar surface area (TPSA) is 214 Å². The first-order chi connectivity index (χ1) is 35.3. The zero-order chi connectivity index (χ0) is 51.2. The number of carboxylic acid groups (broad SMARTS) is 3. The first-order valence-electron chi connectivity index (χ1n) is 24.3. The Kier molecular flexibility index (Phi) is 14.5. The number of nitrogens with one attached hydrogen (secondary N) is 3. The Bertz CT molecular complexity index is 3300.